The monoisotopic (exact) mass is 431 g/mol. The predicted octanol–water partition coefficient (Wildman–Crippen LogP) is 2.53. The Balaban J connectivity index is 1.40. The first-order valence-corrected chi connectivity index (χ1v) is 10.7. The molecule has 1 N–H and O–H groups in total. The van der Waals surface area contributed by atoms with E-state index >= 15 is 0 Å². The molecule has 2 aromatic carbocycles. The summed E-state index contributed by atoms with van der Waals surface area (Å²) in [6.07, 6.45) is 0. The molecule has 3 heterocycles. The summed E-state index contributed by atoms with van der Waals surface area (Å²) in [6.45, 7) is 4.12. The molecule has 0 atom stereocenters. The van der Waals surface area contributed by atoms with E-state index in [1.54, 1.807) is 7.05 Å². The van der Waals surface area contributed by atoms with Crippen molar-refractivity contribution in [1.29, 1.82) is 0 Å². The zero-order valence-corrected chi connectivity index (χ0v) is 18.2. The van der Waals surface area contributed by atoms with Crippen LogP contribution in [0.1, 0.15) is 0 Å². The molecule has 0 bridgehead atoms. The van der Waals surface area contributed by atoms with E-state index in [0.29, 0.717) is 29.1 Å². The fourth-order valence-electron chi connectivity index (χ4n) is 4.16. The van der Waals surface area contributed by atoms with Gasteiger partial charge in [-0.05, 0) is 31.3 Å². The van der Waals surface area contributed by atoms with Crippen molar-refractivity contribution in [2.75, 3.05) is 45.1 Å². The lowest BCUT2D eigenvalue weighted by Gasteiger charge is -2.31. The average molecular weight is 431 g/mol. The van der Waals surface area contributed by atoms with Crippen molar-refractivity contribution >= 4 is 33.7 Å². The first-order chi connectivity index (χ1) is 15.5. The number of likely N-dealkylation sites (N-methyl/N-ethyl adjacent to an activating group) is 1. The van der Waals surface area contributed by atoms with E-state index in [1.807, 2.05) is 48.5 Å². The van der Waals surface area contributed by atoms with Crippen molar-refractivity contribution in [3.63, 3.8) is 0 Å². The largest absolute Gasteiger partial charge is 0.452 e. The molecule has 0 spiro atoms. The third kappa shape index (κ3) is 3.79. The molecule has 8 nitrogen and oxygen atoms in total. The first kappa shape index (κ1) is 20.4. The number of benzene rings is 2. The minimum Gasteiger partial charge on any atom is -0.452 e. The number of hydrogen-bond donors (Lipinski definition) is 1. The van der Waals surface area contributed by atoms with Gasteiger partial charge in [-0.25, -0.2) is 4.79 Å². The number of nitrogens with zero attached hydrogens (tertiary/aromatic N) is 4. The molecule has 0 saturated carbocycles. The number of carbonyl (C=O) groups excluding carboxylic acids is 1. The first-order valence-electron chi connectivity index (χ1n) is 10.7. The van der Waals surface area contributed by atoms with E-state index in [2.05, 4.69) is 27.1 Å². The SMILES string of the molecule is CN1CCN(CC(=O)Nc2ccc(-c3nc(=O)n(C)c4c3oc3ccccc34)cc2)CC1. The van der Waals surface area contributed by atoms with Crippen molar-refractivity contribution in [3.8, 4) is 11.3 Å². The average Bonchev–Trinajstić information content (AvgIpc) is 3.18. The normalized spacial score (nSPS) is 15.4. The van der Waals surface area contributed by atoms with Crippen LogP contribution in [-0.2, 0) is 11.8 Å². The zero-order valence-electron chi connectivity index (χ0n) is 18.2. The van der Waals surface area contributed by atoms with E-state index in [4.69, 9.17) is 4.42 Å². The zero-order chi connectivity index (χ0) is 22.2. The van der Waals surface area contributed by atoms with Gasteiger partial charge in [0.25, 0.3) is 0 Å². The van der Waals surface area contributed by atoms with E-state index in [1.165, 1.54) is 4.57 Å². The molecule has 5 rings (SSSR count). The van der Waals surface area contributed by atoms with Crippen LogP contribution in [0, 0.1) is 0 Å². The number of amides is 1. The minimum absolute atomic E-state index is 0.0336. The van der Waals surface area contributed by atoms with Gasteiger partial charge in [0.05, 0.1) is 6.54 Å². The van der Waals surface area contributed by atoms with Crippen LogP contribution >= 0.6 is 0 Å². The van der Waals surface area contributed by atoms with Crippen molar-refractivity contribution in [2.24, 2.45) is 7.05 Å². The number of rotatable bonds is 4. The molecular weight excluding hydrogens is 406 g/mol. The standard InChI is InChI=1S/C24H25N5O3/c1-27-11-13-29(14-12-27)15-20(30)25-17-9-7-16(8-10-17)21-23-22(28(2)24(31)26-21)18-5-3-4-6-19(18)32-23/h3-10H,11-15H2,1-2H3,(H,25,30). The molecule has 1 saturated heterocycles. The molecule has 4 aromatic rings. The number of furan rings is 1. The van der Waals surface area contributed by atoms with Crippen LogP contribution in [0.2, 0.25) is 0 Å². The van der Waals surface area contributed by atoms with Gasteiger partial charge in [0.1, 0.15) is 16.8 Å². The number of aromatic nitrogens is 2. The van der Waals surface area contributed by atoms with E-state index in [-0.39, 0.29) is 11.6 Å². The smallest absolute Gasteiger partial charge is 0.348 e. The highest BCUT2D eigenvalue weighted by atomic mass is 16.3. The van der Waals surface area contributed by atoms with E-state index in [0.717, 1.165) is 42.6 Å². The van der Waals surface area contributed by atoms with Crippen LogP contribution in [-0.4, -0.2) is 65.0 Å². The molecule has 1 fully saturated rings. The molecule has 0 aliphatic carbocycles. The maximum atomic E-state index is 12.5. The second-order valence-electron chi connectivity index (χ2n) is 8.28. The van der Waals surface area contributed by atoms with Crippen LogP contribution in [0.25, 0.3) is 33.3 Å². The predicted molar refractivity (Wildman–Crippen MR) is 125 cm³/mol. The van der Waals surface area contributed by atoms with Gasteiger partial charge in [-0.1, -0.05) is 24.3 Å². The molecule has 1 amide bonds. The molecule has 1 aliphatic rings. The van der Waals surface area contributed by atoms with Crippen LogP contribution < -0.4 is 11.0 Å². The molecule has 2 aromatic heterocycles. The van der Waals surface area contributed by atoms with E-state index < -0.39 is 0 Å². The quantitative estimate of drug-likeness (QED) is 0.535. The Morgan fingerprint density at radius 3 is 2.50 bits per heavy atom. The number of nitrogens with one attached hydrogen (secondary N) is 1. The summed E-state index contributed by atoms with van der Waals surface area (Å²) in [5.74, 6) is -0.0336. The lowest BCUT2D eigenvalue weighted by molar-refractivity contribution is -0.117. The highest BCUT2D eigenvalue weighted by molar-refractivity contribution is 6.06. The Kier molecular flexibility index (Phi) is 5.24. The third-order valence-electron chi connectivity index (χ3n) is 6.02. The van der Waals surface area contributed by atoms with Crippen LogP contribution in [0.3, 0.4) is 0 Å². The Morgan fingerprint density at radius 1 is 1.03 bits per heavy atom. The molecule has 1 aliphatic heterocycles. The van der Waals surface area contributed by atoms with Crippen LogP contribution in [0.4, 0.5) is 5.69 Å². The highest BCUT2D eigenvalue weighted by Gasteiger charge is 2.19. The Bertz CT molecular complexity index is 1350. The summed E-state index contributed by atoms with van der Waals surface area (Å²) >= 11 is 0. The summed E-state index contributed by atoms with van der Waals surface area (Å²) in [4.78, 5) is 33.6. The third-order valence-corrected chi connectivity index (χ3v) is 6.02. The molecule has 0 unspecified atom stereocenters. The lowest BCUT2D eigenvalue weighted by atomic mass is 10.1. The van der Waals surface area contributed by atoms with Gasteiger partial charge in [0.15, 0.2) is 5.58 Å². The van der Waals surface area contributed by atoms with Gasteiger partial charge in [0.2, 0.25) is 5.91 Å². The Labute approximate surface area is 185 Å². The van der Waals surface area contributed by atoms with Gasteiger partial charge in [0, 0.05) is 49.9 Å². The number of carbonyl (C=O) groups is 1. The maximum Gasteiger partial charge on any atom is 0.348 e. The Morgan fingerprint density at radius 2 is 1.75 bits per heavy atom. The highest BCUT2D eigenvalue weighted by Crippen LogP contribution is 2.33. The molecule has 0 radical (unpaired) electrons. The topological polar surface area (TPSA) is 83.6 Å². The number of aryl methyl sites for hydroxylation is 1. The minimum atomic E-state index is -0.344. The summed E-state index contributed by atoms with van der Waals surface area (Å²) in [7, 11) is 3.79. The second kappa shape index (κ2) is 8.22. The Hall–Kier alpha value is -3.49. The summed E-state index contributed by atoms with van der Waals surface area (Å²) < 4.78 is 7.57. The van der Waals surface area contributed by atoms with Gasteiger partial charge >= 0.3 is 5.69 Å². The number of piperazine rings is 1. The summed E-state index contributed by atoms with van der Waals surface area (Å²) in [6, 6.07) is 15.0. The fraction of sp³-hybridized carbons (Fsp3) is 0.292. The molecule has 164 valence electrons. The molecule has 8 heteroatoms. The van der Waals surface area contributed by atoms with E-state index in [9.17, 15) is 9.59 Å². The summed E-state index contributed by atoms with van der Waals surface area (Å²) in [5, 5.41) is 3.83. The summed E-state index contributed by atoms with van der Waals surface area (Å²) in [5.41, 5.74) is 3.61. The maximum absolute atomic E-state index is 12.5. The van der Waals surface area contributed by atoms with Gasteiger partial charge in [-0.3, -0.25) is 14.3 Å². The number of para-hydroxylation sites is 1. The fourth-order valence-corrected chi connectivity index (χ4v) is 4.16. The van der Waals surface area contributed by atoms with Gasteiger partial charge < -0.3 is 14.6 Å². The van der Waals surface area contributed by atoms with Crippen molar-refractivity contribution in [3.05, 3.63) is 59.0 Å². The number of anilines is 1. The van der Waals surface area contributed by atoms with Crippen LogP contribution in [0.5, 0.6) is 0 Å². The van der Waals surface area contributed by atoms with Crippen molar-refractivity contribution in [1.82, 2.24) is 19.4 Å². The van der Waals surface area contributed by atoms with Crippen molar-refractivity contribution in [2.45, 2.75) is 0 Å². The molecule has 32 heavy (non-hydrogen) atoms. The van der Waals surface area contributed by atoms with Crippen LogP contribution in [0.15, 0.2) is 57.7 Å². The second-order valence-corrected chi connectivity index (χ2v) is 8.28. The van der Waals surface area contributed by atoms with Gasteiger partial charge in [-0.2, -0.15) is 4.98 Å². The number of hydrogen-bond acceptors (Lipinski definition) is 6. The van der Waals surface area contributed by atoms with Gasteiger partial charge in [-0.15, -0.1) is 0 Å². The van der Waals surface area contributed by atoms with Crippen molar-refractivity contribution < 1.29 is 9.21 Å². The number of fused-ring (bicyclic) bond motifs is 3. The molecular formula is C24H25N5O3. The lowest BCUT2D eigenvalue weighted by Crippen LogP contribution is -2.47.